The smallest absolute Gasteiger partial charge is 0.153 e. The van der Waals surface area contributed by atoms with Gasteiger partial charge in [0.1, 0.15) is 0 Å². The number of imidazole rings is 2. The lowest BCUT2D eigenvalue weighted by Crippen LogP contribution is -1.93. The van der Waals surface area contributed by atoms with Gasteiger partial charge >= 0.3 is 0 Å². The molecular formula is C14H11N5. The van der Waals surface area contributed by atoms with Gasteiger partial charge in [-0.05, 0) is 24.3 Å². The summed E-state index contributed by atoms with van der Waals surface area (Å²) in [6, 6.07) is 10.1. The lowest BCUT2D eigenvalue weighted by atomic mass is 10.1. The molecule has 19 heavy (non-hydrogen) atoms. The van der Waals surface area contributed by atoms with Crippen LogP contribution in [0, 0.1) is 0 Å². The summed E-state index contributed by atoms with van der Waals surface area (Å²) in [5.74, 6) is 0. The molecule has 5 heteroatoms. The van der Waals surface area contributed by atoms with Gasteiger partial charge in [0.05, 0.1) is 23.1 Å². The Morgan fingerprint density at radius 2 is 2.00 bits per heavy atom. The van der Waals surface area contributed by atoms with Crippen molar-refractivity contribution in [1.29, 1.82) is 0 Å². The van der Waals surface area contributed by atoms with E-state index in [-0.39, 0.29) is 0 Å². The summed E-state index contributed by atoms with van der Waals surface area (Å²) in [5.41, 5.74) is 4.92. The molecule has 0 fully saturated rings. The molecule has 4 rings (SSSR count). The average Bonchev–Trinajstić information content (AvgIpc) is 3.04. The van der Waals surface area contributed by atoms with Gasteiger partial charge in [-0.2, -0.15) is 5.10 Å². The van der Waals surface area contributed by atoms with E-state index in [0.29, 0.717) is 0 Å². The third kappa shape index (κ3) is 1.52. The van der Waals surface area contributed by atoms with Crippen molar-refractivity contribution in [2.24, 2.45) is 7.05 Å². The first-order valence-electron chi connectivity index (χ1n) is 6.03. The highest BCUT2D eigenvalue weighted by molar-refractivity contribution is 5.81. The summed E-state index contributed by atoms with van der Waals surface area (Å²) >= 11 is 0. The van der Waals surface area contributed by atoms with Crippen molar-refractivity contribution in [3.05, 3.63) is 49.1 Å². The molecule has 1 aromatic carbocycles. The quantitative estimate of drug-likeness (QED) is 0.520. The molecule has 0 saturated carbocycles. The van der Waals surface area contributed by atoms with Crippen LogP contribution in [-0.4, -0.2) is 24.1 Å². The van der Waals surface area contributed by atoms with Crippen molar-refractivity contribution >= 4 is 16.7 Å². The molecule has 0 spiro atoms. The minimum absolute atomic E-state index is 0.850. The third-order valence-corrected chi connectivity index (χ3v) is 3.28. The molecule has 0 N–H and O–H groups in total. The molecule has 0 unspecified atom stereocenters. The Morgan fingerprint density at radius 3 is 2.95 bits per heavy atom. The van der Waals surface area contributed by atoms with Crippen LogP contribution in [0.4, 0.5) is 0 Å². The van der Waals surface area contributed by atoms with Crippen molar-refractivity contribution in [1.82, 2.24) is 24.1 Å². The number of aromatic nitrogens is 5. The number of hydrogen-bond acceptors (Lipinski definition) is 3. The van der Waals surface area contributed by atoms with Crippen molar-refractivity contribution in [2.45, 2.75) is 0 Å². The molecule has 0 aliphatic rings. The zero-order valence-corrected chi connectivity index (χ0v) is 10.4. The van der Waals surface area contributed by atoms with Crippen LogP contribution < -0.4 is 0 Å². The number of hydrogen-bond donors (Lipinski definition) is 0. The zero-order chi connectivity index (χ0) is 12.8. The SMILES string of the molecule is Cn1cnc2cc(-c3ccc4nccn4n3)ccc21. The van der Waals surface area contributed by atoms with Gasteiger partial charge in [-0.3, -0.25) is 0 Å². The molecule has 0 bridgehead atoms. The molecule has 3 aromatic heterocycles. The fourth-order valence-electron chi connectivity index (χ4n) is 2.26. The van der Waals surface area contributed by atoms with Crippen LogP contribution in [0.25, 0.3) is 27.9 Å². The zero-order valence-electron chi connectivity index (χ0n) is 10.4. The predicted octanol–water partition coefficient (Wildman–Crippen LogP) is 2.28. The van der Waals surface area contributed by atoms with E-state index in [0.717, 1.165) is 27.9 Å². The Bertz CT molecular complexity index is 887. The molecule has 0 aliphatic heterocycles. The van der Waals surface area contributed by atoms with Crippen molar-refractivity contribution in [2.75, 3.05) is 0 Å². The van der Waals surface area contributed by atoms with Gasteiger partial charge < -0.3 is 4.57 Å². The molecule has 0 aliphatic carbocycles. The van der Waals surface area contributed by atoms with E-state index in [1.807, 2.05) is 36.3 Å². The van der Waals surface area contributed by atoms with E-state index in [1.54, 1.807) is 10.7 Å². The van der Waals surface area contributed by atoms with Crippen LogP contribution in [0.1, 0.15) is 0 Å². The van der Waals surface area contributed by atoms with E-state index in [9.17, 15) is 0 Å². The molecule has 0 atom stereocenters. The van der Waals surface area contributed by atoms with E-state index in [4.69, 9.17) is 0 Å². The van der Waals surface area contributed by atoms with Gasteiger partial charge in [-0.15, -0.1) is 0 Å². The van der Waals surface area contributed by atoms with E-state index >= 15 is 0 Å². The summed E-state index contributed by atoms with van der Waals surface area (Å²) in [6.45, 7) is 0. The van der Waals surface area contributed by atoms with Gasteiger partial charge in [-0.1, -0.05) is 6.07 Å². The number of benzene rings is 1. The minimum Gasteiger partial charge on any atom is -0.334 e. The van der Waals surface area contributed by atoms with Crippen molar-refractivity contribution < 1.29 is 0 Å². The monoisotopic (exact) mass is 249 g/mol. The second-order valence-electron chi connectivity index (χ2n) is 4.51. The average molecular weight is 249 g/mol. The van der Waals surface area contributed by atoms with Gasteiger partial charge in [-0.25, -0.2) is 14.5 Å². The number of aryl methyl sites for hydroxylation is 1. The Labute approximate surface area is 109 Å². The molecule has 0 saturated heterocycles. The van der Waals surface area contributed by atoms with Crippen LogP contribution in [-0.2, 0) is 7.05 Å². The summed E-state index contributed by atoms with van der Waals surface area (Å²) in [4.78, 5) is 8.56. The van der Waals surface area contributed by atoms with Crippen molar-refractivity contribution in [3.8, 4) is 11.3 Å². The van der Waals surface area contributed by atoms with Crippen LogP contribution in [0.5, 0.6) is 0 Å². The summed E-state index contributed by atoms with van der Waals surface area (Å²) < 4.78 is 3.78. The van der Waals surface area contributed by atoms with E-state index < -0.39 is 0 Å². The number of fused-ring (bicyclic) bond motifs is 2. The Kier molecular flexibility index (Phi) is 1.97. The van der Waals surface area contributed by atoms with E-state index in [1.165, 1.54) is 0 Å². The molecule has 92 valence electrons. The number of nitrogens with zero attached hydrogens (tertiary/aromatic N) is 5. The lowest BCUT2D eigenvalue weighted by Gasteiger charge is -2.02. The van der Waals surface area contributed by atoms with Gasteiger partial charge in [0.2, 0.25) is 0 Å². The van der Waals surface area contributed by atoms with Gasteiger partial charge in [0.25, 0.3) is 0 Å². The standard InChI is InChI=1S/C14H11N5/c1-18-9-16-12-8-10(2-4-13(12)18)11-3-5-14-15-6-7-19(14)17-11/h2-9H,1H3. The van der Waals surface area contributed by atoms with Crippen LogP contribution in [0.3, 0.4) is 0 Å². The molecule has 0 radical (unpaired) electrons. The second-order valence-corrected chi connectivity index (χ2v) is 4.51. The maximum absolute atomic E-state index is 4.54. The first-order valence-corrected chi connectivity index (χ1v) is 6.03. The maximum Gasteiger partial charge on any atom is 0.153 e. The highest BCUT2D eigenvalue weighted by Gasteiger charge is 2.05. The fourth-order valence-corrected chi connectivity index (χ4v) is 2.26. The maximum atomic E-state index is 4.54. The van der Waals surface area contributed by atoms with Crippen LogP contribution in [0.15, 0.2) is 49.1 Å². The molecule has 0 amide bonds. The third-order valence-electron chi connectivity index (χ3n) is 3.28. The van der Waals surface area contributed by atoms with Gasteiger partial charge in [0.15, 0.2) is 5.65 Å². The Morgan fingerprint density at radius 1 is 1.05 bits per heavy atom. The van der Waals surface area contributed by atoms with Gasteiger partial charge in [0, 0.05) is 25.0 Å². The summed E-state index contributed by atoms with van der Waals surface area (Å²) in [7, 11) is 1.99. The molecule has 5 nitrogen and oxygen atoms in total. The van der Waals surface area contributed by atoms with Crippen molar-refractivity contribution in [3.63, 3.8) is 0 Å². The highest BCUT2D eigenvalue weighted by Crippen LogP contribution is 2.22. The first-order chi connectivity index (χ1) is 9.31. The lowest BCUT2D eigenvalue weighted by molar-refractivity contribution is 0.942. The second kappa shape index (κ2) is 3.65. The first kappa shape index (κ1) is 10.3. The highest BCUT2D eigenvalue weighted by atomic mass is 15.2. The Hall–Kier alpha value is -2.69. The Balaban J connectivity index is 1.92. The minimum atomic E-state index is 0.850. The number of rotatable bonds is 1. The molecular weight excluding hydrogens is 238 g/mol. The van der Waals surface area contributed by atoms with Crippen LogP contribution in [0.2, 0.25) is 0 Å². The fraction of sp³-hybridized carbons (Fsp3) is 0.0714. The predicted molar refractivity (Wildman–Crippen MR) is 72.7 cm³/mol. The topological polar surface area (TPSA) is 48.0 Å². The molecule has 3 heterocycles. The summed E-state index contributed by atoms with van der Waals surface area (Å²) in [5, 5.41) is 4.54. The normalized spacial score (nSPS) is 11.4. The molecule has 4 aromatic rings. The largest absolute Gasteiger partial charge is 0.334 e. The summed E-state index contributed by atoms with van der Waals surface area (Å²) in [6.07, 6.45) is 5.41. The van der Waals surface area contributed by atoms with E-state index in [2.05, 4.69) is 33.3 Å². The van der Waals surface area contributed by atoms with Crippen LogP contribution >= 0.6 is 0 Å².